The standard InChI is InChI=1S/C20H21NO3/c1-3-4-11-9-12-10-14-13-5-6-15(22)19-20(13,7-8-21(14)2)16(12)18(24-19)17(11)23/h1,5-6,9,13-15,19,22-23H,4,7-8,10H2,2H3/t13-,14+,15-,19-,20-/m0/s1. The average Bonchev–Trinajstić information content (AvgIpc) is 2.92. The van der Waals surface area contributed by atoms with Gasteiger partial charge in [-0.05, 0) is 32.0 Å². The fourth-order valence-corrected chi connectivity index (χ4v) is 5.62. The Hall–Kier alpha value is -1.96. The highest BCUT2D eigenvalue weighted by molar-refractivity contribution is 5.64. The van der Waals surface area contributed by atoms with Crippen LogP contribution in [0.1, 0.15) is 23.1 Å². The largest absolute Gasteiger partial charge is 0.504 e. The summed E-state index contributed by atoms with van der Waals surface area (Å²) in [7, 11) is 2.18. The predicted molar refractivity (Wildman–Crippen MR) is 90.1 cm³/mol. The molecule has 1 aromatic rings. The van der Waals surface area contributed by atoms with E-state index < -0.39 is 6.10 Å². The van der Waals surface area contributed by atoms with Gasteiger partial charge in [-0.2, -0.15) is 0 Å². The first-order valence-electron chi connectivity index (χ1n) is 8.63. The van der Waals surface area contributed by atoms with Gasteiger partial charge >= 0.3 is 0 Å². The molecule has 2 aliphatic heterocycles. The molecule has 2 bridgehead atoms. The van der Waals surface area contributed by atoms with Gasteiger partial charge in [-0.25, -0.2) is 0 Å². The number of rotatable bonds is 1. The lowest BCUT2D eigenvalue weighted by atomic mass is 9.53. The second-order valence-corrected chi connectivity index (χ2v) is 7.61. The summed E-state index contributed by atoms with van der Waals surface area (Å²) in [5, 5.41) is 21.3. The van der Waals surface area contributed by atoms with E-state index in [2.05, 4.69) is 30.0 Å². The van der Waals surface area contributed by atoms with E-state index in [0.29, 0.717) is 24.1 Å². The summed E-state index contributed by atoms with van der Waals surface area (Å²) in [6.07, 6.45) is 10.8. The quantitative estimate of drug-likeness (QED) is 0.605. The van der Waals surface area contributed by atoms with Crippen molar-refractivity contribution in [2.75, 3.05) is 13.6 Å². The van der Waals surface area contributed by atoms with E-state index in [1.165, 1.54) is 5.56 Å². The Kier molecular flexibility index (Phi) is 2.73. The van der Waals surface area contributed by atoms with Gasteiger partial charge in [0.1, 0.15) is 12.2 Å². The number of aliphatic hydroxyl groups is 1. The molecule has 0 radical (unpaired) electrons. The lowest BCUT2D eigenvalue weighted by molar-refractivity contribution is -0.0453. The summed E-state index contributed by atoms with van der Waals surface area (Å²) >= 11 is 0. The summed E-state index contributed by atoms with van der Waals surface area (Å²) in [5.41, 5.74) is 2.89. The molecule has 0 unspecified atom stereocenters. The molecule has 24 heavy (non-hydrogen) atoms. The molecule has 5 rings (SSSR count). The molecule has 1 fully saturated rings. The molecule has 124 valence electrons. The Bertz CT molecular complexity index is 808. The van der Waals surface area contributed by atoms with Crippen molar-refractivity contribution in [1.82, 2.24) is 4.90 Å². The Morgan fingerprint density at radius 3 is 3.08 bits per heavy atom. The van der Waals surface area contributed by atoms with Gasteiger partial charge in [-0.15, -0.1) is 12.3 Å². The molecule has 0 amide bonds. The fourth-order valence-electron chi connectivity index (χ4n) is 5.62. The van der Waals surface area contributed by atoms with Crippen molar-refractivity contribution in [2.45, 2.75) is 42.9 Å². The minimum atomic E-state index is -0.640. The molecule has 4 aliphatic rings. The van der Waals surface area contributed by atoms with Crippen LogP contribution >= 0.6 is 0 Å². The number of benzene rings is 1. The van der Waals surface area contributed by atoms with Crippen molar-refractivity contribution >= 4 is 0 Å². The molecule has 2 aliphatic carbocycles. The third kappa shape index (κ3) is 1.48. The smallest absolute Gasteiger partial charge is 0.166 e. The molecule has 1 saturated heterocycles. The van der Waals surface area contributed by atoms with Crippen LogP contribution in [-0.4, -0.2) is 47.0 Å². The van der Waals surface area contributed by atoms with Gasteiger partial charge in [0.2, 0.25) is 0 Å². The molecular weight excluding hydrogens is 302 g/mol. The third-order valence-electron chi connectivity index (χ3n) is 6.63. The topological polar surface area (TPSA) is 52.9 Å². The molecule has 5 atom stereocenters. The minimum Gasteiger partial charge on any atom is -0.504 e. The number of hydrogen-bond acceptors (Lipinski definition) is 4. The van der Waals surface area contributed by atoms with Crippen molar-refractivity contribution in [3.05, 3.63) is 34.9 Å². The second-order valence-electron chi connectivity index (χ2n) is 7.61. The van der Waals surface area contributed by atoms with E-state index >= 15 is 0 Å². The first-order valence-corrected chi connectivity index (χ1v) is 8.63. The lowest BCUT2D eigenvalue weighted by Crippen LogP contribution is -2.64. The summed E-state index contributed by atoms with van der Waals surface area (Å²) in [6, 6.07) is 2.46. The maximum atomic E-state index is 10.7. The number of likely N-dealkylation sites (N-methyl/N-ethyl adjacent to an activating group) is 1. The molecule has 0 saturated carbocycles. The normalized spacial score (nSPS) is 38.4. The van der Waals surface area contributed by atoms with Crippen molar-refractivity contribution < 1.29 is 14.9 Å². The van der Waals surface area contributed by atoms with E-state index in [4.69, 9.17) is 11.2 Å². The molecule has 2 N–H and O–H groups in total. The number of terminal acetylenes is 1. The molecule has 4 heteroatoms. The summed E-state index contributed by atoms with van der Waals surface area (Å²) in [6.45, 7) is 0.979. The average molecular weight is 323 g/mol. The van der Waals surface area contributed by atoms with Crippen LogP contribution in [0.5, 0.6) is 11.5 Å². The summed E-state index contributed by atoms with van der Waals surface area (Å²) < 4.78 is 6.21. The van der Waals surface area contributed by atoms with Gasteiger partial charge < -0.3 is 19.8 Å². The van der Waals surface area contributed by atoms with E-state index in [1.807, 2.05) is 6.08 Å². The van der Waals surface area contributed by atoms with Gasteiger partial charge in [-0.3, -0.25) is 0 Å². The van der Waals surface area contributed by atoms with Crippen molar-refractivity contribution in [3.63, 3.8) is 0 Å². The lowest BCUT2D eigenvalue weighted by Gasteiger charge is -2.56. The Labute approximate surface area is 141 Å². The van der Waals surface area contributed by atoms with Crippen LogP contribution in [0.3, 0.4) is 0 Å². The Morgan fingerprint density at radius 1 is 1.46 bits per heavy atom. The third-order valence-corrected chi connectivity index (χ3v) is 6.63. The van der Waals surface area contributed by atoms with E-state index in [1.54, 1.807) is 0 Å². The predicted octanol–water partition coefficient (Wildman–Crippen LogP) is 1.37. The number of hydrogen-bond donors (Lipinski definition) is 2. The van der Waals surface area contributed by atoms with Crippen LogP contribution in [0.2, 0.25) is 0 Å². The van der Waals surface area contributed by atoms with Crippen LogP contribution < -0.4 is 4.74 Å². The first-order chi connectivity index (χ1) is 11.6. The fraction of sp³-hybridized carbons (Fsp3) is 0.500. The zero-order chi connectivity index (χ0) is 16.6. The monoisotopic (exact) mass is 323 g/mol. The van der Waals surface area contributed by atoms with Crippen LogP contribution in [0.4, 0.5) is 0 Å². The molecule has 0 aromatic heterocycles. The highest BCUT2D eigenvalue weighted by Gasteiger charge is 2.64. The molecule has 1 spiro atoms. The number of nitrogens with zero attached hydrogens (tertiary/aromatic N) is 1. The maximum absolute atomic E-state index is 10.7. The number of aliphatic hydroxyl groups excluding tert-OH is 1. The maximum Gasteiger partial charge on any atom is 0.166 e. The van der Waals surface area contributed by atoms with Gasteiger partial charge in [0.25, 0.3) is 0 Å². The number of piperidine rings is 1. The Balaban J connectivity index is 1.81. The molecule has 4 nitrogen and oxygen atoms in total. The number of phenols is 1. The SMILES string of the molecule is C#CCc1cc2c3c(c1O)O[C@H]1[C@@H](O)C=C[C@H]4[C@@H](C2)N(C)CC[C@@]341. The summed E-state index contributed by atoms with van der Waals surface area (Å²) in [4.78, 5) is 2.42. The Morgan fingerprint density at radius 2 is 2.29 bits per heavy atom. The van der Waals surface area contributed by atoms with Crippen molar-refractivity contribution in [1.29, 1.82) is 0 Å². The number of likely N-dealkylation sites (tertiary alicyclic amines) is 1. The van der Waals surface area contributed by atoms with E-state index in [-0.39, 0.29) is 17.3 Å². The van der Waals surface area contributed by atoms with Crippen LogP contribution in [0.25, 0.3) is 0 Å². The molecule has 1 aromatic carbocycles. The zero-order valence-electron chi connectivity index (χ0n) is 13.7. The number of aromatic hydroxyl groups is 1. The van der Waals surface area contributed by atoms with Crippen molar-refractivity contribution in [3.8, 4) is 23.8 Å². The molecular formula is C20H21NO3. The number of ether oxygens (including phenoxy) is 1. The van der Waals surface area contributed by atoms with Crippen LogP contribution in [0, 0.1) is 18.3 Å². The van der Waals surface area contributed by atoms with Gasteiger partial charge in [0.15, 0.2) is 11.5 Å². The highest BCUT2D eigenvalue weighted by Crippen LogP contribution is 2.62. The number of phenolic OH excluding ortho intramolecular Hbond substituents is 1. The van der Waals surface area contributed by atoms with Crippen molar-refractivity contribution in [2.24, 2.45) is 5.92 Å². The zero-order valence-corrected chi connectivity index (χ0v) is 13.7. The van der Waals surface area contributed by atoms with Gasteiger partial charge in [0, 0.05) is 34.9 Å². The first kappa shape index (κ1) is 14.4. The van der Waals surface area contributed by atoms with Crippen LogP contribution in [0.15, 0.2) is 18.2 Å². The summed E-state index contributed by atoms with van der Waals surface area (Å²) in [5.74, 6) is 3.67. The van der Waals surface area contributed by atoms with E-state index in [0.717, 1.165) is 30.5 Å². The van der Waals surface area contributed by atoms with E-state index in [9.17, 15) is 10.2 Å². The van der Waals surface area contributed by atoms with Gasteiger partial charge in [0.05, 0.1) is 0 Å². The van der Waals surface area contributed by atoms with Gasteiger partial charge in [-0.1, -0.05) is 18.2 Å². The molecule has 2 heterocycles. The minimum absolute atomic E-state index is 0.166. The van der Waals surface area contributed by atoms with Crippen LogP contribution in [-0.2, 0) is 18.3 Å². The highest BCUT2D eigenvalue weighted by atomic mass is 16.5. The second kappa shape index (κ2) is 4.56.